The number of aromatic nitrogens is 4. The van der Waals surface area contributed by atoms with Crippen LogP contribution in [0.5, 0.6) is 0 Å². The first-order valence-corrected chi connectivity index (χ1v) is 6.94. The van der Waals surface area contributed by atoms with E-state index in [-0.39, 0.29) is 11.4 Å². The third-order valence-corrected chi connectivity index (χ3v) is 3.04. The molecule has 0 saturated carbocycles. The number of aryl methyl sites for hydroxylation is 1. The second-order valence-corrected chi connectivity index (χ2v) is 4.77. The molecule has 2 amide bonds. The molecule has 0 saturated heterocycles. The molecule has 0 aliphatic carbocycles. The number of hydrogen-bond donors (Lipinski definition) is 2. The van der Waals surface area contributed by atoms with E-state index in [1.165, 1.54) is 17.9 Å². The Bertz CT molecular complexity index is 749. The summed E-state index contributed by atoms with van der Waals surface area (Å²) in [6.07, 6.45) is -2.05. The molecular formula is C13H15F3N6O2. The minimum absolute atomic E-state index is 0.0177. The van der Waals surface area contributed by atoms with Gasteiger partial charge in [0.2, 0.25) is 5.91 Å². The summed E-state index contributed by atoms with van der Waals surface area (Å²) >= 11 is 0. The van der Waals surface area contributed by atoms with Gasteiger partial charge in [-0.3, -0.25) is 19.0 Å². The predicted octanol–water partition coefficient (Wildman–Crippen LogP) is 1.12. The fourth-order valence-electron chi connectivity index (χ4n) is 1.90. The molecule has 0 aliphatic heterocycles. The highest BCUT2D eigenvalue weighted by molar-refractivity contribution is 6.02. The summed E-state index contributed by atoms with van der Waals surface area (Å²) in [7, 11) is 1.42. The van der Waals surface area contributed by atoms with E-state index in [9.17, 15) is 22.8 Å². The van der Waals surface area contributed by atoms with Gasteiger partial charge in [0.05, 0.1) is 5.69 Å². The summed E-state index contributed by atoms with van der Waals surface area (Å²) in [6.45, 7) is 1.85. The Morgan fingerprint density at radius 3 is 2.50 bits per heavy atom. The largest absolute Gasteiger partial charge is 0.435 e. The first kappa shape index (κ1) is 17.5. The van der Waals surface area contributed by atoms with Gasteiger partial charge in [-0.15, -0.1) is 0 Å². The van der Waals surface area contributed by atoms with Crippen molar-refractivity contribution in [3.8, 4) is 0 Å². The highest BCUT2D eigenvalue weighted by Gasteiger charge is 2.33. The van der Waals surface area contributed by atoms with Crippen molar-refractivity contribution in [3.05, 3.63) is 29.8 Å². The lowest BCUT2D eigenvalue weighted by atomic mass is 10.3. The highest BCUT2D eigenvalue weighted by Crippen LogP contribution is 2.27. The number of nitrogens with zero attached hydrogens (tertiary/aromatic N) is 4. The Balaban J connectivity index is 2.11. The fraction of sp³-hybridized carbons (Fsp3) is 0.385. The second kappa shape index (κ2) is 6.72. The summed E-state index contributed by atoms with van der Waals surface area (Å²) in [4.78, 5) is 23.7. The quantitative estimate of drug-likeness (QED) is 0.850. The average Bonchev–Trinajstić information content (AvgIpc) is 3.12. The molecule has 2 heterocycles. The lowest BCUT2D eigenvalue weighted by Crippen LogP contribution is -2.23. The summed E-state index contributed by atoms with van der Waals surface area (Å²) in [5, 5.41) is 12.1. The van der Waals surface area contributed by atoms with E-state index in [4.69, 9.17) is 0 Å². The number of rotatable bonds is 5. The maximum atomic E-state index is 12.5. The van der Waals surface area contributed by atoms with E-state index in [0.717, 1.165) is 16.9 Å². The molecule has 0 bridgehead atoms. The van der Waals surface area contributed by atoms with E-state index in [1.54, 1.807) is 6.92 Å². The molecule has 0 aromatic carbocycles. The van der Waals surface area contributed by atoms with Crippen LogP contribution in [0.15, 0.2) is 18.5 Å². The van der Waals surface area contributed by atoms with Gasteiger partial charge in [0.1, 0.15) is 6.54 Å². The lowest BCUT2D eigenvalue weighted by Gasteiger charge is -2.05. The van der Waals surface area contributed by atoms with Crippen LogP contribution in [0, 0.1) is 0 Å². The number of nitrogens with one attached hydrogen (secondary N) is 2. The number of carbonyl (C=O) groups is 2. The summed E-state index contributed by atoms with van der Waals surface area (Å²) in [5.74, 6) is -1.12. The Morgan fingerprint density at radius 2 is 1.96 bits per heavy atom. The van der Waals surface area contributed by atoms with Crippen molar-refractivity contribution < 1.29 is 22.8 Å². The number of amides is 2. The Hall–Kier alpha value is -2.85. The smallest absolute Gasteiger partial charge is 0.354 e. The van der Waals surface area contributed by atoms with Gasteiger partial charge in [0.15, 0.2) is 11.4 Å². The zero-order valence-electron chi connectivity index (χ0n) is 12.9. The van der Waals surface area contributed by atoms with E-state index < -0.39 is 30.2 Å². The van der Waals surface area contributed by atoms with Crippen LogP contribution in [0.1, 0.15) is 23.1 Å². The van der Waals surface area contributed by atoms with Gasteiger partial charge >= 0.3 is 6.18 Å². The standard InChI is InChI=1S/C13H15F3N6O2/c1-3-21-6-8(11(20-21)12(24)17-2)18-10(23)7-22-5-4-9(19-22)13(14,15)16/h4-6H,3,7H2,1-2H3,(H,17,24)(H,18,23). The van der Waals surface area contributed by atoms with Gasteiger partial charge < -0.3 is 10.6 Å². The Labute approximate surface area is 134 Å². The van der Waals surface area contributed by atoms with Crippen molar-refractivity contribution in [1.29, 1.82) is 0 Å². The van der Waals surface area contributed by atoms with Crippen LogP contribution < -0.4 is 10.6 Å². The average molecular weight is 344 g/mol. The molecule has 11 heteroatoms. The molecular weight excluding hydrogens is 329 g/mol. The third kappa shape index (κ3) is 3.91. The highest BCUT2D eigenvalue weighted by atomic mass is 19.4. The summed E-state index contributed by atoms with van der Waals surface area (Å²) < 4.78 is 39.7. The monoisotopic (exact) mass is 344 g/mol. The second-order valence-electron chi connectivity index (χ2n) is 4.77. The van der Waals surface area contributed by atoms with Gasteiger partial charge in [0, 0.05) is 26.0 Å². The zero-order chi connectivity index (χ0) is 17.9. The Kier molecular flexibility index (Phi) is 4.90. The SMILES string of the molecule is CCn1cc(NC(=O)Cn2ccc(C(F)(F)F)n2)c(C(=O)NC)n1. The molecule has 0 unspecified atom stereocenters. The maximum Gasteiger partial charge on any atom is 0.435 e. The van der Waals surface area contributed by atoms with E-state index in [1.807, 2.05) is 0 Å². The molecule has 130 valence electrons. The van der Waals surface area contributed by atoms with Crippen LogP contribution in [0.25, 0.3) is 0 Å². The molecule has 0 atom stereocenters. The van der Waals surface area contributed by atoms with Crippen LogP contribution in [0.4, 0.5) is 18.9 Å². The first-order valence-electron chi connectivity index (χ1n) is 6.94. The normalized spacial score (nSPS) is 11.4. The molecule has 0 radical (unpaired) electrons. The molecule has 8 nitrogen and oxygen atoms in total. The van der Waals surface area contributed by atoms with Gasteiger partial charge in [-0.1, -0.05) is 0 Å². The van der Waals surface area contributed by atoms with Crippen LogP contribution in [-0.2, 0) is 24.1 Å². The number of carbonyl (C=O) groups excluding carboxylic acids is 2. The van der Waals surface area contributed by atoms with Crippen molar-refractivity contribution in [2.75, 3.05) is 12.4 Å². The van der Waals surface area contributed by atoms with E-state index in [2.05, 4.69) is 20.8 Å². The van der Waals surface area contributed by atoms with Crippen LogP contribution in [-0.4, -0.2) is 38.4 Å². The summed E-state index contributed by atoms with van der Waals surface area (Å²) in [6, 6.07) is 0.776. The molecule has 2 rings (SSSR count). The topological polar surface area (TPSA) is 93.8 Å². The molecule has 24 heavy (non-hydrogen) atoms. The lowest BCUT2D eigenvalue weighted by molar-refractivity contribution is -0.141. The van der Waals surface area contributed by atoms with Crippen LogP contribution in [0.3, 0.4) is 0 Å². The fourth-order valence-corrected chi connectivity index (χ4v) is 1.90. The number of halogens is 3. The van der Waals surface area contributed by atoms with Gasteiger partial charge in [-0.25, -0.2) is 0 Å². The van der Waals surface area contributed by atoms with E-state index >= 15 is 0 Å². The predicted molar refractivity (Wildman–Crippen MR) is 77.1 cm³/mol. The van der Waals surface area contributed by atoms with Crippen LogP contribution >= 0.6 is 0 Å². The summed E-state index contributed by atoms with van der Waals surface area (Å²) in [5.41, 5.74) is -0.895. The molecule has 2 aromatic heterocycles. The van der Waals surface area contributed by atoms with Gasteiger partial charge in [-0.2, -0.15) is 23.4 Å². The van der Waals surface area contributed by atoms with Crippen molar-refractivity contribution >= 4 is 17.5 Å². The van der Waals surface area contributed by atoms with E-state index in [0.29, 0.717) is 6.54 Å². The zero-order valence-corrected chi connectivity index (χ0v) is 12.9. The van der Waals surface area contributed by atoms with Crippen molar-refractivity contribution in [2.45, 2.75) is 26.2 Å². The minimum atomic E-state index is -4.57. The molecule has 0 spiro atoms. The van der Waals surface area contributed by atoms with Crippen molar-refractivity contribution in [2.24, 2.45) is 0 Å². The van der Waals surface area contributed by atoms with Crippen molar-refractivity contribution in [1.82, 2.24) is 24.9 Å². The molecule has 0 aliphatic rings. The third-order valence-electron chi connectivity index (χ3n) is 3.04. The molecule has 0 fully saturated rings. The van der Waals surface area contributed by atoms with Gasteiger partial charge in [-0.05, 0) is 13.0 Å². The number of anilines is 1. The van der Waals surface area contributed by atoms with Crippen molar-refractivity contribution in [3.63, 3.8) is 0 Å². The maximum absolute atomic E-state index is 12.5. The number of hydrogen-bond acceptors (Lipinski definition) is 4. The van der Waals surface area contributed by atoms with Gasteiger partial charge in [0.25, 0.3) is 5.91 Å². The molecule has 2 N–H and O–H groups in total. The Morgan fingerprint density at radius 1 is 1.25 bits per heavy atom. The van der Waals surface area contributed by atoms with Crippen LogP contribution in [0.2, 0.25) is 0 Å². The molecule has 2 aromatic rings. The minimum Gasteiger partial charge on any atom is -0.354 e. The number of alkyl halides is 3. The first-order chi connectivity index (χ1) is 11.2.